The summed E-state index contributed by atoms with van der Waals surface area (Å²) < 4.78 is 0. The van der Waals surface area contributed by atoms with E-state index in [0.717, 1.165) is 0 Å². The van der Waals surface area contributed by atoms with Crippen LogP contribution in [-0.4, -0.2) is 17.7 Å². The third-order valence-corrected chi connectivity index (χ3v) is 1.76. The molecule has 0 bridgehead atoms. The van der Waals surface area contributed by atoms with Crippen molar-refractivity contribution in [1.82, 2.24) is 0 Å². The van der Waals surface area contributed by atoms with Crippen LogP contribution in [0.4, 0.5) is 5.69 Å². The van der Waals surface area contributed by atoms with Gasteiger partial charge in [0.1, 0.15) is 0 Å². The lowest BCUT2D eigenvalue weighted by Gasteiger charge is -1.97. The molecule has 92 valence electrons. The third kappa shape index (κ3) is 4.98. The number of hydrogen-bond donors (Lipinski definition) is 3. The van der Waals surface area contributed by atoms with E-state index in [9.17, 15) is 4.79 Å². The van der Waals surface area contributed by atoms with Crippen molar-refractivity contribution in [2.75, 3.05) is 0 Å². The summed E-state index contributed by atoms with van der Waals surface area (Å²) in [5.41, 5.74) is 16.9. The molecule has 0 unspecified atom stereocenters. The van der Waals surface area contributed by atoms with Gasteiger partial charge in [-0.2, -0.15) is 4.99 Å². The lowest BCUT2D eigenvalue weighted by Crippen LogP contribution is -3.00. The zero-order chi connectivity index (χ0) is 12.1. The van der Waals surface area contributed by atoms with Crippen molar-refractivity contribution in [3.63, 3.8) is 0 Å². The highest BCUT2D eigenvalue weighted by Crippen LogP contribution is 2.13. The standard InChI is InChI=1S/C10H13N5O.ClH/c1-6(16)7-2-4-8(5-3-7)14-10(13)15-9(11)12;/h2-5H,1H3,(H6,11,12,13,14,15);1H/p-1. The highest BCUT2D eigenvalue weighted by molar-refractivity contribution is 5.95. The van der Waals surface area contributed by atoms with Gasteiger partial charge in [-0.15, -0.1) is 0 Å². The van der Waals surface area contributed by atoms with Gasteiger partial charge in [-0.25, -0.2) is 4.99 Å². The second kappa shape index (κ2) is 6.49. The van der Waals surface area contributed by atoms with E-state index in [2.05, 4.69) is 9.98 Å². The molecule has 17 heavy (non-hydrogen) atoms. The first kappa shape index (κ1) is 14.9. The number of aliphatic imine (C=N–C) groups is 2. The number of nitrogens with two attached hydrogens (primary N) is 3. The lowest BCUT2D eigenvalue weighted by molar-refractivity contribution is -0.0000119. The minimum absolute atomic E-state index is 0. The number of halogens is 1. The quantitative estimate of drug-likeness (QED) is 0.298. The Morgan fingerprint density at radius 2 is 1.65 bits per heavy atom. The molecule has 0 heterocycles. The summed E-state index contributed by atoms with van der Waals surface area (Å²) in [7, 11) is 0. The van der Waals surface area contributed by atoms with E-state index in [1.54, 1.807) is 24.3 Å². The number of carbonyl (C=O) groups excluding carboxylic acids is 1. The normalized spacial score (nSPS) is 10.3. The Labute approximate surface area is 105 Å². The molecule has 0 aliphatic heterocycles. The van der Waals surface area contributed by atoms with Crippen LogP contribution in [0.1, 0.15) is 17.3 Å². The zero-order valence-electron chi connectivity index (χ0n) is 9.22. The maximum absolute atomic E-state index is 11.0. The van der Waals surface area contributed by atoms with Crippen molar-refractivity contribution in [2.24, 2.45) is 27.2 Å². The Hall–Kier alpha value is -2.08. The monoisotopic (exact) mass is 254 g/mol. The Morgan fingerprint density at radius 1 is 1.12 bits per heavy atom. The van der Waals surface area contributed by atoms with Crippen LogP contribution in [0.2, 0.25) is 0 Å². The van der Waals surface area contributed by atoms with Crippen molar-refractivity contribution in [1.29, 1.82) is 0 Å². The van der Waals surface area contributed by atoms with Gasteiger partial charge in [-0.05, 0) is 31.2 Å². The summed E-state index contributed by atoms with van der Waals surface area (Å²) in [4.78, 5) is 18.5. The van der Waals surface area contributed by atoms with Gasteiger partial charge in [0.2, 0.25) is 5.96 Å². The molecule has 1 aromatic rings. The van der Waals surface area contributed by atoms with E-state index in [1.807, 2.05) is 0 Å². The molecule has 0 saturated heterocycles. The van der Waals surface area contributed by atoms with E-state index in [4.69, 9.17) is 17.2 Å². The van der Waals surface area contributed by atoms with E-state index >= 15 is 0 Å². The predicted molar refractivity (Wildman–Crippen MR) is 63.5 cm³/mol. The Morgan fingerprint density at radius 3 is 2.06 bits per heavy atom. The van der Waals surface area contributed by atoms with Gasteiger partial charge < -0.3 is 29.6 Å². The predicted octanol–water partition coefficient (Wildman–Crippen LogP) is -2.89. The molecule has 0 aromatic heterocycles. The highest BCUT2D eigenvalue weighted by Gasteiger charge is 1.98. The van der Waals surface area contributed by atoms with Crippen molar-refractivity contribution in [2.45, 2.75) is 6.92 Å². The molecule has 0 aliphatic carbocycles. The summed E-state index contributed by atoms with van der Waals surface area (Å²) in [5.74, 6) is -0.190. The molecule has 6 N–H and O–H groups in total. The van der Waals surface area contributed by atoms with Crippen molar-refractivity contribution >= 4 is 23.4 Å². The second-order valence-corrected chi connectivity index (χ2v) is 3.11. The van der Waals surface area contributed by atoms with Gasteiger partial charge in [0.05, 0.1) is 5.69 Å². The summed E-state index contributed by atoms with van der Waals surface area (Å²) in [6.07, 6.45) is 0. The van der Waals surface area contributed by atoms with Gasteiger partial charge in [-0.1, -0.05) is 0 Å². The van der Waals surface area contributed by atoms with Crippen molar-refractivity contribution in [3.8, 4) is 0 Å². The maximum atomic E-state index is 11.0. The van der Waals surface area contributed by atoms with Crippen LogP contribution in [0.5, 0.6) is 0 Å². The molecular formula is C10H13ClN5O-. The van der Waals surface area contributed by atoms with Crippen LogP contribution >= 0.6 is 0 Å². The average Bonchev–Trinajstić information content (AvgIpc) is 2.16. The van der Waals surface area contributed by atoms with Crippen LogP contribution < -0.4 is 29.6 Å². The zero-order valence-corrected chi connectivity index (χ0v) is 9.98. The van der Waals surface area contributed by atoms with E-state index in [1.165, 1.54) is 6.92 Å². The fourth-order valence-electron chi connectivity index (χ4n) is 1.06. The summed E-state index contributed by atoms with van der Waals surface area (Å²) in [6, 6.07) is 6.63. The van der Waals surface area contributed by atoms with Gasteiger partial charge in [-0.3, -0.25) is 4.79 Å². The Bertz CT molecular complexity index is 448. The number of nitrogens with zero attached hydrogens (tertiary/aromatic N) is 2. The summed E-state index contributed by atoms with van der Waals surface area (Å²) >= 11 is 0. The molecule has 1 rings (SSSR count). The fourth-order valence-corrected chi connectivity index (χ4v) is 1.06. The second-order valence-electron chi connectivity index (χ2n) is 3.11. The molecule has 0 saturated carbocycles. The van der Waals surface area contributed by atoms with Crippen LogP contribution in [0.25, 0.3) is 0 Å². The van der Waals surface area contributed by atoms with Crippen LogP contribution in [0, 0.1) is 0 Å². The first-order valence-corrected chi connectivity index (χ1v) is 4.54. The number of carbonyl (C=O) groups is 1. The summed E-state index contributed by atoms with van der Waals surface area (Å²) in [6.45, 7) is 1.49. The molecule has 6 nitrogen and oxygen atoms in total. The number of guanidine groups is 2. The topological polar surface area (TPSA) is 120 Å². The molecule has 7 heteroatoms. The maximum Gasteiger partial charge on any atom is 0.223 e. The highest BCUT2D eigenvalue weighted by atomic mass is 35.5. The SMILES string of the molecule is CC(=O)c1ccc(N=C(N)N=C(N)N)cc1.[Cl-]. The molecule has 0 amide bonds. The number of Topliss-reactive ketones (excluding diaryl/α,β-unsaturated/α-hetero) is 1. The average molecular weight is 255 g/mol. The van der Waals surface area contributed by atoms with Gasteiger partial charge in [0, 0.05) is 5.56 Å². The first-order valence-electron chi connectivity index (χ1n) is 4.54. The smallest absolute Gasteiger partial charge is 0.223 e. The molecule has 0 spiro atoms. The van der Waals surface area contributed by atoms with Crippen LogP contribution in [0.3, 0.4) is 0 Å². The van der Waals surface area contributed by atoms with E-state index < -0.39 is 0 Å². The fraction of sp³-hybridized carbons (Fsp3) is 0.100. The molecule has 0 aliphatic rings. The van der Waals surface area contributed by atoms with Gasteiger partial charge in [0.15, 0.2) is 11.7 Å². The molecule has 0 atom stereocenters. The number of benzene rings is 1. The minimum Gasteiger partial charge on any atom is -1.00 e. The summed E-state index contributed by atoms with van der Waals surface area (Å²) in [5, 5.41) is 0. The van der Waals surface area contributed by atoms with Gasteiger partial charge >= 0.3 is 0 Å². The van der Waals surface area contributed by atoms with E-state index in [-0.39, 0.29) is 30.1 Å². The first-order chi connectivity index (χ1) is 7.49. The van der Waals surface area contributed by atoms with Gasteiger partial charge in [0.25, 0.3) is 0 Å². The van der Waals surface area contributed by atoms with Crippen molar-refractivity contribution < 1.29 is 17.2 Å². The van der Waals surface area contributed by atoms with E-state index in [0.29, 0.717) is 11.3 Å². The molecule has 0 radical (unpaired) electrons. The minimum atomic E-state index is -0.151. The molecular weight excluding hydrogens is 242 g/mol. The lowest BCUT2D eigenvalue weighted by atomic mass is 10.1. The van der Waals surface area contributed by atoms with Crippen LogP contribution in [-0.2, 0) is 0 Å². The Kier molecular flexibility index (Phi) is 5.70. The number of ketones is 1. The molecule has 1 aromatic carbocycles. The Balaban J connectivity index is 0.00000256. The largest absolute Gasteiger partial charge is 1.00 e. The third-order valence-electron chi connectivity index (χ3n) is 1.76. The number of rotatable bonds is 2. The van der Waals surface area contributed by atoms with Crippen LogP contribution in [0.15, 0.2) is 34.3 Å². The van der Waals surface area contributed by atoms with Crippen molar-refractivity contribution in [3.05, 3.63) is 29.8 Å². The molecule has 0 fully saturated rings. The number of hydrogen-bond acceptors (Lipinski definition) is 2.